The Balaban J connectivity index is 1.77. The summed E-state index contributed by atoms with van der Waals surface area (Å²) in [6.45, 7) is 3.64. The van der Waals surface area contributed by atoms with Crippen molar-refractivity contribution in [3.05, 3.63) is 69.4 Å². The number of alkyl halides is 3. The zero-order valence-corrected chi connectivity index (χ0v) is 25.6. The molecular weight excluding hydrogens is 659 g/mol. The fraction of sp³-hybridized carbons (Fsp3) is 0.308. The van der Waals surface area contributed by atoms with Crippen molar-refractivity contribution < 1.29 is 40.3 Å². The molecule has 0 bridgehead atoms. The summed E-state index contributed by atoms with van der Waals surface area (Å²) in [5.41, 5.74) is 0.0578. The Hall–Kier alpha value is -3.11. The summed E-state index contributed by atoms with van der Waals surface area (Å²) in [5, 5.41) is 16.7. The summed E-state index contributed by atoms with van der Waals surface area (Å²) in [4.78, 5) is 15.8. The number of aromatic nitrogens is 3. The summed E-state index contributed by atoms with van der Waals surface area (Å²) < 4.78 is 85.2. The number of hydrogen-bond acceptors (Lipinski definition) is 8. The molecule has 2 aromatic heterocycles. The van der Waals surface area contributed by atoms with Crippen LogP contribution in [0.4, 0.5) is 17.6 Å². The largest absolute Gasteiger partial charge is 0.481 e. The van der Waals surface area contributed by atoms with Crippen molar-refractivity contribution in [1.29, 1.82) is 0 Å². The first-order valence-electron chi connectivity index (χ1n) is 12.3. The van der Waals surface area contributed by atoms with E-state index < -0.39 is 49.4 Å². The van der Waals surface area contributed by atoms with Gasteiger partial charge in [0.25, 0.3) is 5.89 Å². The molecule has 0 unspecified atom stereocenters. The van der Waals surface area contributed by atoms with Gasteiger partial charge in [0.05, 0.1) is 26.0 Å². The molecule has 1 atom stereocenters. The van der Waals surface area contributed by atoms with Crippen molar-refractivity contribution in [2.45, 2.75) is 50.7 Å². The number of nitrogens with zero attached hydrogens (tertiary/aromatic N) is 3. The fourth-order valence-electron chi connectivity index (χ4n) is 3.71. The van der Waals surface area contributed by atoms with E-state index in [0.717, 1.165) is 17.4 Å². The van der Waals surface area contributed by atoms with Crippen molar-refractivity contribution in [1.82, 2.24) is 19.9 Å². The van der Waals surface area contributed by atoms with Crippen LogP contribution in [0.1, 0.15) is 37.9 Å². The smallest absolute Gasteiger partial charge is 0.404 e. The number of aliphatic carboxylic acids is 1. The topological polar surface area (TPSA) is 135 Å². The number of rotatable bonds is 10. The molecule has 43 heavy (non-hydrogen) atoms. The highest BCUT2D eigenvalue weighted by Gasteiger charge is 2.39. The Morgan fingerprint density at radius 3 is 2.35 bits per heavy atom. The van der Waals surface area contributed by atoms with Crippen molar-refractivity contribution >= 4 is 50.5 Å². The molecule has 0 aliphatic rings. The lowest BCUT2D eigenvalue weighted by molar-refractivity contribution is -0.147. The zero-order chi connectivity index (χ0) is 31.9. The van der Waals surface area contributed by atoms with Crippen LogP contribution in [0.25, 0.3) is 21.3 Å². The normalized spacial score (nSPS) is 13.3. The molecule has 230 valence electrons. The molecule has 2 heterocycles. The van der Waals surface area contributed by atoms with E-state index in [4.69, 9.17) is 27.6 Å². The van der Waals surface area contributed by atoms with E-state index in [1.54, 1.807) is 0 Å². The summed E-state index contributed by atoms with van der Waals surface area (Å²) in [5.74, 6) is -1.49. The second kappa shape index (κ2) is 12.1. The van der Waals surface area contributed by atoms with Gasteiger partial charge in [0, 0.05) is 18.4 Å². The number of benzene rings is 2. The van der Waals surface area contributed by atoms with Gasteiger partial charge in [-0.15, -0.1) is 21.5 Å². The third-order valence-corrected chi connectivity index (χ3v) is 9.90. The first kappa shape index (κ1) is 32.8. The Morgan fingerprint density at radius 1 is 1.09 bits per heavy atom. The van der Waals surface area contributed by atoms with E-state index in [-0.39, 0.29) is 40.2 Å². The molecule has 2 N–H and O–H groups in total. The molecule has 0 radical (unpaired) electrons. The second-order valence-electron chi connectivity index (χ2n) is 10.1. The number of nitrogens with one attached hydrogen (secondary N) is 1. The van der Waals surface area contributed by atoms with Crippen molar-refractivity contribution in [2.24, 2.45) is 5.41 Å². The molecule has 4 rings (SSSR count). The van der Waals surface area contributed by atoms with Crippen molar-refractivity contribution in [3.63, 3.8) is 0 Å². The minimum Gasteiger partial charge on any atom is -0.481 e. The van der Waals surface area contributed by atoms with Gasteiger partial charge in [0.2, 0.25) is 15.9 Å². The van der Waals surface area contributed by atoms with Crippen LogP contribution >= 0.6 is 34.5 Å². The Kier molecular flexibility index (Phi) is 9.24. The molecule has 0 aliphatic heterocycles. The molecule has 0 aliphatic carbocycles. The molecule has 4 aromatic rings. The average molecular weight is 682 g/mol. The third kappa shape index (κ3) is 7.34. The van der Waals surface area contributed by atoms with E-state index in [2.05, 4.69) is 15.2 Å². The maximum Gasteiger partial charge on any atom is 0.404 e. The van der Waals surface area contributed by atoms with Crippen LogP contribution < -0.4 is 4.72 Å². The van der Waals surface area contributed by atoms with Crippen LogP contribution in [0.3, 0.4) is 0 Å². The first-order valence-corrected chi connectivity index (χ1v) is 15.3. The number of carboxylic acids is 1. The Labute approximate surface area is 256 Å². The minimum absolute atomic E-state index is 0.0282. The highest BCUT2D eigenvalue weighted by molar-refractivity contribution is 7.89. The maximum absolute atomic E-state index is 13.5. The van der Waals surface area contributed by atoms with Crippen LogP contribution in [0, 0.1) is 11.2 Å². The summed E-state index contributed by atoms with van der Waals surface area (Å²) in [6, 6.07) is 5.50. The van der Waals surface area contributed by atoms with E-state index in [1.807, 2.05) is 0 Å². The highest BCUT2D eigenvalue weighted by atomic mass is 35.5. The molecule has 2 aromatic carbocycles. The molecular formula is C26H22Cl2F4N4O5S2. The molecule has 0 spiro atoms. The van der Waals surface area contributed by atoms with Crippen LogP contribution in [0.15, 0.2) is 45.7 Å². The lowest BCUT2D eigenvalue weighted by atomic mass is 9.90. The van der Waals surface area contributed by atoms with Crippen LogP contribution in [0.5, 0.6) is 0 Å². The Bertz CT molecular complexity index is 1770. The maximum atomic E-state index is 13.5. The quantitative estimate of drug-likeness (QED) is 0.175. The van der Waals surface area contributed by atoms with Crippen LogP contribution in [-0.2, 0) is 27.7 Å². The van der Waals surface area contributed by atoms with Gasteiger partial charge in [-0.1, -0.05) is 41.4 Å². The number of sulfonamides is 1. The number of carboxylic acid groups (broad SMARTS) is 1. The summed E-state index contributed by atoms with van der Waals surface area (Å²) >= 11 is 13.8. The van der Waals surface area contributed by atoms with Crippen LogP contribution in [0.2, 0.25) is 10.0 Å². The highest BCUT2D eigenvalue weighted by Crippen LogP contribution is 2.44. The average Bonchev–Trinajstić information content (AvgIpc) is 3.52. The summed E-state index contributed by atoms with van der Waals surface area (Å²) in [7, 11) is -4.72. The van der Waals surface area contributed by atoms with Crippen molar-refractivity contribution in [3.8, 4) is 21.3 Å². The molecule has 9 nitrogen and oxygen atoms in total. The number of carbonyl (C=O) groups is 1. The summed E-state index contributed by atoms with van der Waals surface area (Å²) in [6.07, 6.45) is -4.75. The number of thiazole rings is 1. The molecule has 0 saturated carbocycles. The van der Waals surface area contributed by atoms with E-state index in [9.17, 15) is 35.9 Å². The number of halogens is 6. The third-order valence-electron chi connectivity index (χ3n) is 6.21. The second-order valence-corrected chi connectivity index (χ2v) is 13.5. The van der Waals surface area contributed by atoms with E-state index >= 15 is 0 Å². The van der Waals surface area contributed by atoms with Crippen molar-refractivity contribution in [2.75, 3.05) is 0 Å². The SMILES string of the molecule is C[C@H](NS(=O)(=O)c1ccc(-c2sc(-c3nnc(CC(C)(C)C(=O)O)o3)nc2Cc2ccc(F)cc2)c(Cl)c1Cl)C(F)(F)F. The van der Waals surface area contributed by atoms with Gasteiger partial charge in [-0.25, -0.2) is 17.8 Å². The minimum atomic E-state index is -4.84. The molecule has 0 fully saturated rings. The van der Waals surface area contributed by atoms with Gasteiger partial charge in [-0.2, -0.15) is 17.9 Å². The zero-order valence-electron chi connectivity index (χ0n) is 22.5. The predicted molar refractivity (Wildman–Crippen MR) is 151 cm³/mol. The van der Waals surface area contributed by atoms with E-state index in [1.165, 1.54) is 48.9 Å². The lowest BCUT2D eigenvalue weighted by Gasteiger charge is -2.18. The molecule has 0 saturated heterocycles. The van der Waals surface area contributed by atoms with Gasteiger partial charge in [-0.05, 0) is 44.5 Å². The molecule has 0 amide bonds. The predicted octanol–water partition coefficient (Wildman–Crippen LogP) is 6.78. The van der Waals surface area contributed by atoms with Gasteiger partial charge in [-0.3, -0.25) is 4.79 Å². The van der Waals surface area contributed by atoms with Crippen LogP contribution in [-0.4, -0.2) is 46.9 Å². The number of hydrogen-bond donors (Lipinski definition) is 2. The Morgan fingerprint density at radius 2 is 1.74 bits per heavy atom. The molecule has 17 heteroatoms. The fourth-order valence-corrected chi connectivity index (χ4v) is 6.90. The van der Waals surface area contributed by atoms with Gasteiger partial charge in [0.15, 0.2) is 5.01 Å². The van der Waals surface area contributed by atoms with Gasteiger partial charge < -0.3 is 9.52 Å². The van der Waals surface area contributed by atoms with E-state index in [0.29, 0.717) is 23.1 Å². The lowest BCUT2D eigenvalue weighted by Crippen LogP contribution is -2.43. The van der Waals surface area contributed by atoms with Gasteiger partial charge >= 0.3 is 12.1 Å². The van der Waals surface area contributed by atoms with Gasteiger partial charge in [0.1, 0.15) is 16.8 Å². The monoisotopic (exact) mass is 680 g/mol. The standard InChI is InChI=1S/C26H22Cl2F4N4O5S2/c1-12(26(30,31)32)36-43(39,40)17-9-8-15(19(27)20(17)28)21-16(10-13-4-6-14(29)7-5-13)33-23(42-21)22-35-34-18(41-22)11-25(2,3)24(37)38/h4-9,12,36H,10-11H2,1-3H3,(H,37,38)/t12-/m0/s1. The first-order chi connectivity index (χ1) is 19.9.